The number of anilines is 3. The fourth-order valence-corrected chi connectivity index (χ4v) is 10.9. The first-order valence-corrected chi connectivity index (χ1v) is 25.1. The largest absolute Gasteiger partial charge is 0.493 e. The lowest BCUT2D eigenvalue weighted by molar-refractivity contribution is -0.118. The first-order chi connectivity index (χ1) is 30.4. The fraction of sp³-hybridized carbons (Fsp3) is 0.311. The number of para-hydroxylation sites is 2. The Balaban J connectivity index is 0.000000269. The summed E-state index contributed by atoms with van der Waals surface area (Å²) in [6, 6.07) is 26.9. The summed E-state index contributed by atoms with van der Waals surface area (Å²) in [4.78, 5) is 21.9. The summed E-state index contributed by atoms with van der Waals surface area (Å²) < 4.78 is 69.7. The molecule has 0 radical (unpaired) electrons. The van der Waals surface area contributed by atoms with Gasteiger partial charge in [0.2, 0.25) is 20.0 Å². The number of aryl methyl sites for hydroxylation is 2. The Labute approximate surface area is 381 Å². The van der Waals surface area contributed by atoms with Crippen molar-refractivity contribution in [2.75, 3.05) is 63.7 Å². The predicted octanol–water partition coefficient (Wildman–Crippen LogP) is 9.33. The van der Waals surface area contributed by atoms with E-state index in [4.69, 9.17) is 14.2 Å². The molecule has 0 aliphatic carbocycles. The van der Waals surface area contributed by atoms with Crippen molar-refractivity contribution in [3.8, 4) is 34.0 Å². The van der Waals surface area contributed by atoms with E-state index >= 15 is 0 Å². The number of hydrogen-bond donors (Lipinski definition) is 2. The molecule has 4 heterocycles. The van der Waals surface area contributed by atoms with Crippen molar-refractivity contribution >= 4 is 64.6 Å². The van der Waals surface area contributed by atoms with Gasteiger partial charge in [0.25, 0.3) is 5.91 Å². The summed E-state index contributed by atoms with van der Waals surface area (Å²) in [7, 11) is -5.40. The van der Waals surface area contributed by atoms with Crippen molar-refractivity contribution in [1.82, 2.24) is 18.6 Å². The van der Waals surface area contributed by atoms with Gasteiger partial charge in [0.05, 0.1) is 41.5 Å². The van der Waals surface area contributed by atoms with Crippen LogP contribution in [0.5, 0.6) is 11.5 Å². The fourth-order valence-electron chi connectivity index (χ4n) is 6.52. The number of benzene rings is 4. The van der Waals surface area contributed by atoms with E-state index in [0.29, 0.717) is 66.6 Å². The highest BCUT2D eigenvalue weighted by molar-refractivity contribution is 7.89. The van der Waals surface area contributed by atoms with Gasteiger partial charge in [-0.25, -0.2) is 26.8 Å². The Morgan fingerprint density at radius 3 is 1.79 bits per heavy atom. The van der Waals surface area contributed by atoms with Gasteiger partial charge >= 0.3 is 0 Å². The molecule has 2 aliphatic rings. The van der Waals surface area contributed by atoms with E-state index in [1.54, 1.807) is 64.3 Å². The maximum atomic E-state index is 12.8. The number of carbonyl (C=O) groups is 1. The molecule has 4 aromatic carbocycles. The van der Waals surface area contributed by atoms with Crippen LogP contribution in [0.2, 0.25) is 0 Å². The van der Waals surface area contributed by atoms with Crippen LogP contribution in [-0.4, -0.2) is 94.4 Å². The van der Waals surface area contributed by atoms with E-state index in [1.165, 1.54) is 45.2 Å². The summed E-state index contributed by atoms with van der Waals surface area (Å²) in [6.45, 7) is 10.7. The number of nitrogens with one attached hydrogen (secondary N) is 2. The maximum absolute atomic E-state index is 12.8. The molecule has 2 fully saturated rings. The van der Waals surface area contributed by atoms with Gasteiger partial charge in [0, 0.05) is 56.6 Å². The normalized spacial score (nSPS) is 14.4. The number of sulfonamides is 2. The van der Waals surface area contributed by atoms with Crippen molar-refractivity contribution in [2.45, 2.75) is 50.3 Å². The van der Waals surface area contributed by atoms with E-state index in [2.05, 4.69) is 46.6 Å². The van der Waals surface area contributed by atoms with Crippen LogP contribution in [-0.2, 0) is 29.6 Å². The Kier molecular flexibility index (Phi) is 16.5. The summed E-state index contributed by atoms with van der Waals surface area (Å²) in [6.07, 6.45) is 1.87. The Morgan fingerprint density at radius 2 is 1.24 bits per heavy atom. The van der Waals surface area contributed by atoms with Gasteiger partial charge < -0.3 is 19.5 Å². The summed E-state index contributed by atoms with van der Waals surface area (Å²) in [5.74, 6) is 0.664. The van der Waals surface area contributed by atoms with Crippen molar-refractivity contribution in [2.24, 2.45) is 0 Å². The molecule has 1 amide bonds. The number of aromatic nitrogens is 2. The number of hydrogen-bond acceptors (Lipinski definition) is 13. The predicted molar refractivity (Wildman–Crippen MR) is 255 cm³/mol. The number of methoxy groups -OCH3 is 1. The minimum absolute atomic E-state index is 0. The maximum Gasteiger partial charge on any atom is 0.264 e. The van der Waals surface area contributed by atoms with E-state index in [0.717, 1.165) is 40.5 Å². The zero-order valence-electron chi connectivity index (χ0n) is 35.9. The molecule has 2 N–H and O–H groups in total. The molecule has 6 aromatic rings. The number of carbonyl (C=O) groups excluding carboxylic acids is 1. The zero-order chi connectivity index (χ0) is 45.0. The van der Waals surface area contributed by atoms with Crippen LogP contribution in [0.15, 0.2) is 112 Å². The van der Waals surface area contributed by atoms with Crippen molar-refractivity contribution in [3.63, 3.8) is 0 Å². The number of nitrogens with zero attached hydrogens (tertiary/aromatic N) is 4. The summed E-state index contributed by atoms with van der Waals surface area (Å²) >= 11 is 2.80. The molecule has 63 heavy (non-hydrogen) atoms. The summed E-state index contributed by atoms with van der Waals surface area (Å²) in [5.41, 5.74) is 6.63. The molecule has 2 saturated heterocycles. The molecular formula is C45H56N6O8S4. The number of rotatable bonds is 13. The number of amides is 1. The molecule has 0 bridgehead atoms. The third kappa shape index (κ3) is 12.1. The van der Waals surface area contributed by atoms with Crippen molar-refractivity contribution < 1.29 is 38.7 Å². The molecule has 338 valence electrons. The van der Waals surface area contributed by atoms with E-state index in [9.17, 15) is 21.6 Å². The first kappa shape index (κ1) is 47.3. The molecular weight excluding hydrogens is 881 g/mol. The molecule has 0 unspecified atom stereocenters. The van der Waals surface area contributed by atoms with Crippen molar-refractivity contribution in [1.29, 1.82) is 0 Å². The highest BCUT2D eigenvalue weighted by Crippen LogP contribution is 2.31. The van der Waals surface area contributed by atoms with Crippen LogP contribution < -0.4 is 20.1 Å². The van der Waals surface area contributed by atoms with Crippen LogP contribution in [0.4, 0.5) is 16.0 Å². The minimum atomic E-state index is -3.55. The molecule has 2 aromatic heterocycles. The second kappa shape index (κ2) is 21.9. The Morgan fingerprint density at radius 1 is 0.714 bits per heavy atom. The highest BCUT2D eigenvalue weighted by atomic mass is 32.2. The molecule has 18 heteroatoms. The van der Waals surface area contributed by atoms with Gasteiger partial charge in [-0.05, 0) is 86.3 Å². The lowest BCUT2D eigenvalue weighted by atomic mass is 10.1. The topological polar surface area (TPSA) is 169 Å². The highest BCUT2D eigenvalue weighted by Gasteiger charge is 2.28. The smallest absolute Gasteiger partial charge is 0.264 e. The monoisotopic (exact) mass is 936 g/mol. The van der Waals surface area contributed by atoms with Gasteiger partial charge in [-0.3, -0.25) is 10.1 Å². The quantitative estimate of drug-likeness (QED) is 0.113. The molecule has 0 atom stereocenters. The molecule has 8 rings (SSSR count). The lowest BCUT2D eigenvalue weighted by Gasteiger charge is -2.26. The van der Waals surface area contributed by atoms with Gasteiger partial charge in [0.1, 0.15) is 0 Å². The number of ether oxygens (including phenoxy) is 3. The molecule has 2 aliphatic heterocycles. The average Bonchev–Trinajstić information content (AvgIpc) is 4.13. The molecule has 14 nitrogen and oxygen atoms in total. The van der Waals surface area contributed by atoms with E-state index in [1.807, 2.05) is 43.5 Å². The van der Waals surface area contributed by atoms with Crippen molar-refractivity contribution in [3.05, 3.63) is 113 Å². The SMILES string of the molecule is CC.COc1ccccc1OCC(=O)Nc1nc(-c2ccc(S(=O)(=O)N3CCOCC3)cc2)cs1.Cc1ccc(Nc2nc(-c3ccc(S(=O)(=O)N4CCCC4)cc3)cs2)cc1C.[HH].[HH]. The van der Waals surface area contributed by atoms with Gasteiger partial charge in [-0.15, -0.1) is 22.7 Å². The first-order valence-electron chi connectivity index (χ1n) is 20.5. The molecule has 0 saturated carbocycles. The van der Waals surface area contributed by atoms with Crippen LogP contribution in [0.25, 0.3) is 22.5 Å². The average molecular weight is 937 g/mol. The summed E-state index contributed by atoms with van der Waals surface area (Å²) in [5, 5.41) is 11.1. The van der Waals surface area contributed by atoms with Gasteiger partial charge in [-0.1, -0.05) is 56.3 Å². The number of thiazole rings is 2. The second-order valence-electron chi connectivity index (χ2n) is 14.2. The lowest BCUT2D eigenvalue weighted by Crippen LogP contribution is -2.40. The minimum Gasteiger partial charge on any atom is -0.493 e. The van der Waals surface area contributed by atoms with Crippen LogP contribution in [0.1, 0.15) is 40.7 Å². The third-order valence-corrected chi connectivity index (χ3v) is 15.4. The molecule has 0 spiro atoms. The Hall–Kier alpha value is -5.21. The van der Waals surface area contributed by atoms with E-state index in [-0.39, 0.29) is 20.3 Å². The van der Waals surface area contributed by atoms with Gasteiger partial charge in [-0.2, -0.15) is 8.61 Å². The van der Waals surface area contributed by atoms with Crippen LogP contribution in [0, 0.1) is 13.8 Å². The van der Waals surface area contributed by atoms with Gasteiger partial charge in [0.15, 0.2) is 28.4 Å². The zero-order valence-corrected chi connectivity index (χ0v) is 39.1. The second-order valence-corrected chi connectivity index (χ2v) is 19.8. The Bertz CT molecular complexity index is 2670. The third-order valence-electron chi connectivity index (χ3n) is 10.1. The van der Waals surface area contributed by atoms with E-state index < -0.39 is 20.0 Å². The van der Waals surface area contributed by atoms with Crippen LogP contribution >= 0.6 is 22.7 Å². The number of morpholine rings is 1. The standard InChI is InChI=1S/C22H23N3O6S2.C21H23N3O2S2.C2H6.2H2/c1-29-19-4-2-3-5-20(19)31-14-21(26)24-22-23-18(15-32-22)16-6-8-17(9-7-16)33(27,28)25-10-12-30-13-11-25;1-15-5-8-18(13-16(15)2)22-21-23-20(14-27-21)17-6-9-19(10-7-17)28(25,26)24-11-3-4-12-24;1-2;;/h2-9,15H,10-14H2,1H3,(H,23,24,26);5-10,13-14H,3-4,11-12H2,1-2H3,(H,22,23);1-2H3;2*1H. The van der Waals surface area contributed by atoms with Crippen LogP contribution in [0.3, 0.4) is 0 Å².